The van der Waals surface area contributed by atoms with E-state index < -0.39 is 0 Å². The van der Waals surface area contributed by atoms with Gasteiger partial charge in [0.2, 0.25) is 0 Å². The summed E-state index contributed by atoms with van der Waals surface area (Å²) in [7, 11) is 0. The van der Waals surface area contributed by atoms with Gasteiger partial charge in [-0.15, -0.1) is 0 Å². The smallest absolute Gasteiger partial charge is 0.136 e. The number of hydrogen-bond acceptors (Lipinski definition) is 2. The SMILES string of the molecule is c1ccc(-c2ccc(N(c3ccc4ccccc4c3)c3ccccc3-c3cccc4oc5cc6ccccc6cc5c34)c(-c3ccccc3)c2)cc1. The van der Waals surface area contributed by atoms with Gasteiger partial charge in [0, 0.05) is 27.6 Å². The van der Waals surface area contributed by atoms with Crippen LogP contribution in [0.15, 0.2) is 205 Å². The molecule has 0 spiro atoms. The molecule has 2 nitrogen and oxygen atoms in total. The number of nitrogens with zero attached hydrogens (tertiary/aromatic N) is 1. The maximum atomic E-state index is 6.56. The summed E-state index contributed by atoms with van der Waals surface area (Å²) in [6.45, 7) is 0. The summed E-state index contributed by atoms with van der Waals surface area (Å²) in [6.07, 6.45) is 0. The molecular weight excluding hydrogens is 631 g/mol. The third kappa shape index (κ3) is 5.12. The van der Waals surface area contributed by atoms with E-state index in [1.165, 1.54) is 32.7 Å². The molecule has 244 valence electrons. The molecule has 10 aromatic rings. The summed E-state index contributed by atoms with van der Waals surface area (Å²) >= 11 is 0. The number of rotatable bonds is 6. The van der Waals surface area contributed by atoms with Crippen LogP contribution in [0.4, 0.5) is 17.1 Å². The number of hydrogen-bond donors (Lipinski definition) is 0. The summed E-state index contributed by atoms with van der Waals surface area (Å²) in [4.78, 5) is 2.44. The lowest BCUT2D eigenvalue weighted by Gasteiger charge is -2.30. The van der Waals surface area contributed by atoms with E-state index in [0.717, 1.165) is 61.3 Å². The average molecular weight is 664 g/mol. The van der Waals surface area contributed by atoms with Gasteiger partial charge in [-0.05, 0) is 92.3 Å². The van der Waals surface area contributed by atoms with Crippen LogP contribution < -0.4 is 4.90 Å². The first kappa shape index (κ1) is 30.0. The molecule has 9 aromatic carbocycles. The number of benzene rings is 9. The highest BCUT2D eigenvalue weighted by Crippen LogP contribution is 2.48. The van der Waals surface area contributed by atoms with Gasteiger partial charge in [0.05, 0.1) is 11.4 Å². The molecule has 0 unspecified atom stereocenters. The number of para-hydroxylation sites is 1. The fraction of sp³-hybridized carbons (Fsp3) is 0. The van der Waals surface area contributed by atoms with Crippen LogP contribution >= 0.6 is 0 Å². The van der Waals surface area contributed by atoms with Gasteiger partial charge in [0.1, 0.15) is 11.2 Å². The zero-order chi connectivity index (χ0) is 34.4. The summed E-state index contributed by atoms with van der Waals surface area (Å²) in [5.41, 5.74) is 12.0. The quantitative estimate of drug-likeness (QED) is 0.176. The second-order valence-electron chi connectivity index (χ2n) is 13.3. The lowest BCUT2D eigenvalue weighted by molar-refractivity contribution is 0.669. The van der Waals surface area contributed by atoms with Crippen molar-refractivity contribution in [3.05, 3.63) is 200 Å². The number of anilines is 3. The Balaban J connectivity index is 1.26. The van der Waals surface area contributed by atoms with E-state index in [0.29, 0.717) is 0 Å². The van der Waals surface area contributed by atoms with Crippen molar-refractivity contribution >= 4 is 60.5 Å². The first-order valence-corrected chi connectivity index (χ1v) is 17.8. The second-order valence-corrected chi connectivity index (χ2v) is 13.3. The predicted molar refractivity (Wildman–Crippen MR) is 220 cm³/mol. The molecule has 0 fully saturated rings. The van der Waals surface area contributed by atoms with Crippen molar-refractivity contribution in [3.8, 4) is 33.4 Å². The monoisotopic (exact) mass is 663 g/mol. The molecule has 0 radical (unpaired) electrons. The normalized spacial score (nSPS) is 11.5. The highest BCUT2D eigenvalue weighted by Gasteiger charge is 2.23. The van der Waals surface area contributed by atoms with Gasteiger partial charge >= 0.3 is 0 Å². The molecule has 52 heavy (non-hydrogen) atoms. The van der Waals surface area contributed by atoms with Crippen molar-refractivity contribution in [2.45, 2.75) is 0 Å². The molecule has 0 atom stereocenters. The van der Waals surface area contributed by atoms with E-state index in [9.17, 15) is 0 Å². The molecule has 0 N–H and O–H groups in total. The Labute approximate surface area is 302 Å². The van der Waals surface area contributed by atoms with Crippen molar-refractivity contribution in [3.63, 3.8) is 0 Å². The Morgan fingerprint density at radius 2 is 0.942 bits per heavy atom. The largest absolute Gasteiger partial charge is 0.456 e. The van der Waals surface area contributed by atoms with Crippen molar-refractivity contribution in [2.24, 2.45) is 0 Å². The Kier molecular flexibility index (Phi) is 7.18. The van der Waals surface area contributed by atoms with Crippen molar-refractivity contribution < 1.29 is 4.42 Å². The van der Waals surface area contributed by atoms with Gasteiger partial charge in [-0.25, -0.2) is 0 Å². The van der Waals surface area contributed by atoms with Crippen LogP contribution in [0.1, 0.15) is 0 Å². The van der Waals surface area contributed by atoms with Gasteiger partial charge in [0.25, 0.3) is 0 Å². The Morgan fingerprint density at radius 3 is 1.73 bits per heavy atom. The zero-order valence-corrected chi connectivity index (χ0v) is 28.4. The summed E-state index contributed by atoms with van der Waals surface area (Å²) in [5, 5.41) is 7.02. The zero-order valence-electron chi connectivity index (χ0n) is 28.4. The van der Waals surface area contributed by atoms with Crippen LogP contribution in [0, 0.1) is 0 Å². The molecule has 10 rings (SSSR count). The van der Waals surface area contributed by atoms with E-state index in [1.807, 2.05) is 0 Å². The van der Waals surface area contributed by atoms with Crippen molar-refractivity contribution in [2.75, 3.05) is 4.90 Å². The highest BCUT2D eigenvalue weighted by molar-refractivity contribution is 6.16. The molecule has 0 amide bonds. The highest BCUT2D eigenvalue weighted by atomic mass is 16.3. The Hall–Kier alpha value is -6.90. The van der Waals surface area contributed by atoms with Crippen molar-refractivity contribution in [1.29, 1.82) is 0 Å². The molecule has 0 saturated carbocycles. The van der Waals surface area contributed by atoms with E-state index in [1.54, 1.807) is 0 Å². The second kappa shape index (κ2) is 12.5. The molecule has 0 aliphatic rings. The molecule has 0 bridgehead atoms. The van der Waals surface area contributed by atoms with E-state index in [4.69, 9.17) is 4.42 Å². The number of furan rings is 1. The van der Waals surface area contributed by atoms with Crippen LogP contribution in [-0.4, -0.2) is 0 Å². The third-order valence-corrected chi connectivity index (χ3v) is 10.2. The molecule has 0 aliphatic carbocycles. The minimum absolute atomic E-state index is 0.882. The van der Waals surface area contributed by atoms with Crippen LogP contribution in [-0.2, 0) is 0 Å². The fourth-order valence-corrected chi connectivity index (χ4v) is 7.75. The first-order chi connectivity index (χ1) is 25.8. The Bertz CT molecular complexity index is 2910. The molecule has 0 saturated heterocycles. The molecule has 0 aliphatic heterocycles. The van der Waals surface area contributed by atoms with E-state index in [-0.39, 0.29) is 0 Å². The molecule has 1 aromatic heterocycles. The first-order valence-electron chi connectivity index (χ1n) is 17.8. The minimum Gasteiger partial charge on any atom is -0.456 e. The van der Waals surface area contributed by atoms with Crippen molar-refractivity contribution in [1.82, 2.24) is 0 Å². The van der Waals surface area contributed by atoms with E-state index in [2.05, 4.69) is 205 Å². The number of fused-ring (bicyclic) bond motifs is 5. The summed E-state index contributed by atoms with van der Waals surface area (Å²) < 4.78 is 6.56. The standard InChI is InChI=1S/C50H33NO/c1-3-14-34(15-4-1)40-27-29-47(44(31-40)36-17-5-2-6-18-36)51(41-28-26-35-16-7-8-19-37(35)30-41)46-24-12-11-22-42(46)43-23-13-25-48-50(43)45-32-38-20-9-10-21-39(38)33-49(45)52-48/h1-33H. The fourth-order valence-electron chi connectivity index (χ4n) is 7.75. The third-order valence-electron chi connectivity index (χ3n) is 10.2. The Morgan fingerprint density at radius 1 is 0.327 bits per heavy atom. The van der Waals surface area contributed by atoms with Crippen LogP contribution in [0.3, 0.4) is 0 Å². The maximum Gasteiger partial charge on any atom is 0.136 e. The van der Waals surface area contributed by atoms with E-state index >= 15 is 0 Å². The van der Waals surface area contributed by atoms with Gasteiger partial charge < -0.3 is 9.32 Å². The molecule has 1 heterocycles. The van der Waals surface area contributed by atoms with Crippen LogP contribution in [0.25, 0.3) is 76.9 Å². The molecule has 2 heteroatoms. The van der Waals surface area contributed by atoms with Crippen LogP contribution in [0.5, 0.6) is 0 Å². The lowest BCUT2D eigenvalue weighted by atomic mass is 9.94. The molecular formula is C50H33NO. The maximum absolute atomic E-state index is 6.56. The average Bonchev–Trinajstić information content (AvgIpc) is 3.58. The predicted octanol–water partition coefficient (Wildman–Crippen LogP) is 14.4. The summed E-state index contributed by atoms with van der Waals surface area (Å²) in [5.74, 6) is 0. The lowest BCUT2D eigenvalue weighted by Crippen LogP contribution is -2.12. The minimum atomic E-state index is 0.882. The van der Waals surface area contributed by atoms with Gasteiger partial charge in [-0.2, -0.15) is 0 Å². The summed E-state index contributed by atoms with van der Waals surface area (Å²) in [6, 6.07) is 71.8. The van der Waals surface area contributed by atoms with Gasteiger partial charge in [-0.3, -0.25) is 0 Å². The van der Waals surface area contributed by atoms with Gasteiger partial charge in [0.15, 0.2) is 0 Å². The topological polar surface area (TPSA) is 16.4 Å². The van der Waals surface area contributed by atoms with Crippen LogP contribution in [0.2, 0.25) is 0 Å². The van der Waals surface area contributed by atoms with Gasteiger partial charge in [-0.1, -0.05) is 152 Å².